The van der Waals surface area contributed by atoms with Crippen molar-refractivity contribution in [2.24, 2.45) is 5.73 Å². The van der Waals surface area contributed by atoms with Crippen molar-refractivity contribution < 1.29 is 0 Å². The van der Waals surface area contributed by atoms with Crippen molar-refractivity contribution in [2.45, 2.75) is 38.3 Å². The molecule has 2 N–H and O–H groups in total. The average molecular weight is 189 g/mol. The van der Waals surface area contributed by atoms with Gasteiger partial charge in [-0.1, -0.05) is 6.42 Å². The first-order valence-electron chi connectivity index (χ1n) is 5.12. The van der Waals surface area contributed by atoms with E-state index in [1.54, 1.807) is 0 Å². The van der Waals surface area contributed by atoms with E-state index in [1.807, 2.05) is 10.8 Å². The minimum atomic E-state index is 0.174. The summed E-state index contributed by atoms with van der Waals surface area (Å²) in [6, 6.07) is 2.32. The monoisotopic (exact) mass is 189 g/mol. The normalized spacial score (nSPS) is 21.0. The van der Waals surface area contributed by atoms with Gasteiger partial charge >= 0.3 is 0 Å². The van der Waals surface area contributed by atoms with Gasteiger partial charge in [0.05, 0.1) is 6.07 Å². The van der Waals surface area contributed by atoms with Gasteiger partial charge in [0.1, 0.15) is 6.54 Å². The molecule has 1 aliphatic rings. The molecule has 0 radical (unpaired) electrons. The highest BCUT2D eigenvalue weighted by Gasteiger charge is 2.16. The molecule has 0 amide bonds. The Morgan fingerprint density at radius 2 is 2.36 bits per heavy atom. The van der Waals surface area contributed by atoms with Crippen molar-refractivity contribution in [1.29, 1.82) is 5.26 Å². The first kappa shape index (κ1) is 9.29. The van der Waals surface area contributed by atoms with Gasteiger partial charge in [0.15, 0.2) is 0 Å². The van der Waals surface area contributed by atoms with Crippen LogP contribution in [-0.2, 0) is 13.0 Å². The van der Waals surface area contributed by atoms with Gasteiger partial charge in [-0.25, -0.2) is 0 Å². The molecule has 1 unspecified atom stereocenters. The molecule has 1 atom stereocenters. The summed E-state index contributed by atoms with van der Waals surface area (Å²) in [5.41, 5.74) is 8.65. The maximum atomic E-state index is 8.60. The fourth-order valence-corrected chi connectivity index (χ4v) is 2.12. The number of nitrogens with two attached hydrogens (primary N) is 1. The topological polar surface area (TPSA) is 54.7 Å². The summed E-state index contributed by atoms with van der Waals surface area (Å²) in [5, 5.41) is 8.60. The average Bonchev–Trinajstić information content (AvgIpc) is 2.49. The molecule has 1 heterocycles. The van der Waals surface area contributed by atoms with Crippen molar-refractivity contribution in [1.82, 2.24) is 4.57 Å². The molecule has 1 aromatic heterocycles. The highest BCUT2D eigenvalue weighted by molar-refractivity contribution is 5.29. The van der Waals surface area contributed by atoms with E-state index in [4.69, 9.17) is 11.0 Å². The summed E-state index contributed by atoms with van der Waals surface area (Å²) in [5.74, 6) is 0. The van der Waals surface area contributed by atoms with E-state index >= 15 is 0 Å². The molecule has 3 heteroatoms. The number of hydrogen-bond acceptors (Lipinski definition) is 2. The molecule has 0 aromatic carbocycles. The number of rotatable bonds is 1. The minimum Gasteiger partial charge on any atom is -0.340 e. The quantitative estimate of drug-likeness (QED) is 0.684. The second-order valence-corrected chi connectivity index (χ2v) is 3.92. The molecule has 3 nitrogen and oxygen atoms in total. The standard InChI is InChI=1S/C11H15N3/c12-5-6-14-7-9-3-1-2-4-11(13)10(9)8-14/h7-8,11H,1-4,6,13H2. The summed E-state index contributed by atoms with van der Waals surface area (Å²) in [6.45, 7) is 0.430. The van der Waals surface area contributed by atoms with Gasteiger partial charge in [-0.15, -0.1) is 0 Å². The van der Waals surface area contributed by atoms with Crippen LogP contribution >= 0.6 is 0 Å². The van der Waals surface area contributed by atoms with E-state index in [-0.39, 0.29) is 6.04 Å². The van der Waals surface area contributed by atoms with Crippen LogP contribution in [0, 0.1) is 11.3 Å². The number of fused-ring (bicyclic) bond motifs is 1. The molecule has 0 aliphatic heterocycles. The Morgan fingerprint density at radius 3 is 3.14 bits per heavy atom. The van der Waals surface area contributed by atoms with Gasteiger partial charge in [-0.05, 0) is 30.4 Å². The van der Waals surface area contributed by atoms with E-state index in [0.717, 1.165) is 12.8 Å². The highest BCUT2D eigenvalue weighted by Crippen LogP contribution is 2.27. The maximum Gasteiger partial charge on any atom is 0.109 e. The summed E-state index contributed by atoms with van der Waals surface area (Å²) < 4.78 is 1.94. The molecule has 14 heavy (non-hydrogen) atoms. The summed E-state index contributed by atoms with van der Waals surface area (Å²) >= 11 is 0. The van der Waals surface area contributed by atoms with Crippen molar-refractivity contribution in [3.8, 4) is 6.07 Å². The third kappa shape index (κ3) is 1.66. The van der Waals surface area contributed by atoms with Gasteiger partial charge in [0.2, 0.25) is 0 Å². The van der Waals surface area contributed by atoms with Gasteiger partial charge in [0, 0.05) is 18.4 Å². The third-order valence-electron chi connectivity index (χ3n) is 2.86. The maximum absolute atomic E-state index is 8.60. The Kier molecular flexibility index (Phi) is 2.55. The zero-order valence-corrected chi connectivity index (χ0v) is 8.24. The fraction of sp³-hybridized carbons (Fsp3) is 0.545. The lowest BCUT2D eigenvalue weighted by molar-refractivity contribution is 0.610. The van der Waals surface area contributed by atoms with E-state index in [1.165, 1.54) is 24.0 Å². The molecule has 1 aliphatic carbocycles. The molecule has 2 rings (SSSR count). The second kappa shape index (κ2) is 3.85. The van der Waals surface area contributed by atoms with Crippen molar-refractivity contribution in [3.05, 3.63) is 23.5 Å². The lowest BCUT2D eigenvalue weighted by Crippen LogP contribution is -2.09. The zero-order chi connectivity index (χ0) is 9.97. The molecular weight excluding hydrogens is 174 g/mol. The van der Waals surface area contributed by atoms with Crippen molar-refractivity contribution >= 4 is 0 Å². The largest absolute Gasteiger partial charge is 0.340 e. The van der Waals surface area contributed by atoms with Crippen LogP contribution in [0.4, 0.5) is 0 Å². The SMILES string of the molecule is N#CCn1cc2c(c1)C(N)CCCC2. The molecular formula is C11H15N3. The van der Waals surface area contributed by atoms with Crippen molar-refractivity contribution in [3.63, 3.8) is 0 Å². The van der Waals surface area contributed by atoms with Crippen molar-refractivity contribution in [2.75, 3.05) is 0 Å². The van der Waals surface area contributed by atoms with Crippen LogP contribution in [0.1, 0.15) is 36.4 Å². The lowest BCUT2D eigenvalue weighted by atomic mass is 10.1. The van der Waals surface area contributed by atoms with Crippen LogP contribution in [0.2, 0.25) is 0 Å². The molecule has 0 fully saturated rings. The van der Waals surface area contributed by atoms with Gasteiger partial charge < -0.3 is 10.3 Å². The van der Waals surface area contributed by atoms with E-state index < -0.39 is 0 Å². The first-order valence-corrected chi connectivity index (χ1v) is 5.12. The Labute approximate surface area is 84.1 Å². The Bertz CT molecular complexity index is 359. The molecule has 0 bridgehead atoms. The Hall–Kier alpha value is -1.27. The van der Waals surface area contributed by atoms with Crippen LogP contribution in [0.5, 0.6) is 0 Å². The van der Waals surface area contributed by atoms with Crippen LogP contribution in [0.15, 0.2) is 12.4 Å². The first-order chi connectivity index (χ1) is 6.81. The molecule has 0 saturated carbocycles. The Morgan fingerprint density at radius 1 is 1.50 bits per heavy atom. The van der Waals surface area contributed by atoms with Crippen LogP contribution < -0.4 is 5.73 Å². The predicted molar refractivity (Wildman–Crippen MR) is 54.5 cm³/mol. The zero-order valence-electron chi connectivity index (χ0n) is 8.24. The molecule has 74 valence electrons. The van der Waals surface area contributed by atoms with Gasteiger partial charge in [-0.3, -0.25) is 0 Å². The molecule has 0 saturated heterocycles. The van der Waals surface area contributed by atoms with Crippen LogP contribution in [-0.4, -0.2) is 4.57 Å². The number of aromatic nitrogens is 1. The second-order valence-electron chi connectivity index (χ2n) is 3.92. The predicted octanol–water partition coefficient (Wildman–Crippen LogP) is 1.74. The van der Waals surface area contributed by atoms with Crippen LogP contribution in [0.3, 0.4) is 0 Å². The van der Waals surface area contributed by atoms with Crippen LogP contribution in [0.25, 0.3) is 0 Å². The summed E-state index contributed by atoms with van der Waals surface area (Å²) in [6.07, 6.45) is 8.73. The number of nitrogens with zero attached hydrogens (tertiary/aromatic N) is 2. The van der Waals surface area contributed by atoms with E-state index in [9.17, 15) is 0 Å². The molecule has 0 spiro atoms. The number of aryl methyl sites for hydroxylation is 1. The fourth-order valence-electron chi connectivity index (χ4n) is 2.12. The van der Waals surface area contributed by atoms with E-state index in [2.05, 4.69) is 12.3 Å². The number of nitriles is 1. The third-order valence-corrected chi connectivity index (χ3v) is 2.86. The molecule has 1 aromatic rings. The van der Waals surface area contributed by atoms with Gasteiger partial charge in [-0.2, -0.15) is 5.26 Å². The smallest absolute Gasteiger partial charge is 0.109 e. The summed E-state index contributed by atoms with van der Waals surface area (Å²) in [7, 11) is 0. The lowest BCUT2D eigenvalue weighted by Gasteiger charge is -2.06. The van der Waals surface area contributed by atoms with E-state index in [0.29, 0.717) is 6.54 Å². The minimum absolute atomic E-state index is 0.174. The Balaban J connectivity index is 2.30. The van der Waals surface area contributed by atoms with Gasteiger partial charge in [0.25, 0.3) is 0 Å². The summed E-state index contributed by atoms with van der Waals surface area (Å²) in [4.78, 5) is 0. The highest BCUT2D eigenvalue weighted by atomic mass is 14.9. The number of hydrogen-bond donors (Lipinski definition) is 1.